The number of anilines is 2. The summed E-state index contributed by atoms with van der Waals surface area (Å²) in [6.07, 6.45) is 2.87. The summed E-state index contributed by atoms with van der Waals surface area (Å²) >= 11 is 0. The van der Waals surface area contributed by atoms with Gasteiger partial charge in [-0.25, -0.2) is 23.7 Å². The molecule has 0 fully saturated rings. The normalized spacial score (nSPS) is 10.4. The first-order valence-corrected chi connectivity index (χ1v) is 6.73. The van der Waals surface area contributed by atoms with Crippen LogP contribution in [0, 0.1) is 23.0 Å². The summed E-state index contributed by atoms with van der Waals surface area (Å²) in [6, 6.07) is 6.88. The second-order valence-electron chi connectivity index (χ2n) is 4.89. The van der Waals surface area contributed by atoms with Gasteiger partial charge in [-0.1, -0.05) is 0 Å². The first kappa shape index (κ1) is 15.3. The third-order valence-electron chi connectivity index (χ3n) is 3.36. The molecule has 0 atom stereocenters. The molecule has 118 valence electrons. The molecule has 0 unspecified atom stereocenters. The van der Waals surface area contributed by atoms with Gasteiger partial charge in [-0.2, -0.15) is 5.26 Å². The van der Waals surface area contributed by atoms with E-state index in [1.54, 1.807) is 0 Å². The van der Waals surface area contributed by atoms with Gasteiger partial charge >= 0.3 is 0 Å². The largest absolute Gasteiger partial charge is 0.383 e. The number of hydrogen-bond donors (Lipinski definition) is 2. The maximum atomic E-state index is 13.5. The van der Waals surface area contributed by atoms with Gasteiger partial charge in [-0.05, 0) is 24.3 Å². The van der Waals surface area contributed by atoms with Crippen LogP contribution in [-0.4, -0.2) is 15.0 Å². The summed E-state index contributed by atoms with van der Waals surface area (Å²) in [6.45, 7) is 0. The third-order valence-corrected chi connectivity index (χ3v) is 3.36. The summed E-state index contributed by atoms with van der Waals surface area (Å²) < 4.78 is 26.6. The first-order valence-electron chi connectivity index (χ1n) is 6.73. The maximum Gasteiger partial charge on any atom is 0.219 e. The van der Waals surface area contributed by atoms with Crippen LogP contribution >= 0.6 is 0 Å². The van der Waals surface area contributed by atoms with E-state index >= 15 is 0 Å². The van der Waals surface area contributed by atoms with Crippen LogP contribution in [0.5, 0.6) is 0 Å². The number of rotatable bonds is 2. The number of pyridine rings is 1. The Morgan fingerprint density at radius 3 is 2.29 bits per heavy atom. The van der Waals surface area contributed by atoms with Crippen LogP contribution in [0.15, 0.2) is 36.7 Å². The monoisotopic (exact) mass is 324 g/mol. The average molecular weight is 324 g/mol. The lowest BCUT2D eigenvalue weighted by Gasteiger charge is -2.10. The molecule has 0 bridgehead atoms. The molecule has 3 aromatic rings. The number of nitrogens with two attached hydrogens (primary N) is 2. The van der Waals surface area contributed by atoms with Crippen LogP contribution in [0.4, 0.5) is 20.5 Å². The molecular weight excluding hydrogens is 314 g/mol. The van der Waals surface area contributed by atoms with Crippen molar-refractivity contribution in [2.24, 2.45) is 0 Å². The number of nitrogens with zero attached hydrogens (tertiary/aromatic N) is 4. The molecule has 1 aromatic carbocycles. The van der Waals surface area contributed by atoms with Gasteiger partial charge in [0.2, 0.25) is 5.95 Å². The first-order chi connectivity index (χ1) is 11.5. The molecule has 0 amide bonds. The highest BCUT2D eigenvalue weighted by Crippen LogP contribution is 2.31. The Morgan fingerprint density at radius 2 is 1.67 bits per heavy atom. The van der Waals surface area contributed by atoms with Gasteiger partial charge in [0.25, 0.3) is 0 Å². The molecule has 6 nitrogen and oxygen atoms in total. The Bertz CT molecular complexity index is 964. The minimum atomic E-state index is -1.01. The lowest BCUT2D eigenvalue weighted by atomic mass is 10.0. The molecule has 0 saturated heterocycles. The minimum absolute atomic E-state index is 0.0356. The molecule has 24 heavy (non-hydrogen) atoms. The number of aromatic nitrogens is 3. The fourth-order valence-corrected chi connectivity index (χ4v) is 2.19. The van der Waals surface area contributed by atoms with Crippen molar-refractivity contribution in [2.75, 3.05) is 11.5 Å². The van der Waals surface area contributed by atoms with Crippen molar-refractivity contribution in [1.82, 2.24) is 15.0 Å². The van der Waals surface area contributed by atoms with Gasteiger partial charge in [0, 0.05) is 29.1 Å². The van der Waals surface area contributed by atoms with Crippen molar-refractivity contribution < 1.29 is 8.78 Å². The minimum Gasteiger partial charge on any atom is -0.383 e. The molecule has 4 N–H and O–H groups in total. The van der Waals surface area contributed by atoms with Crippen LogP contribution in [0.25, 0.3) is 22.4 Å². The standard InChI is InChI=1S/C16H10F2N6/c17-12-2-1-8(3-13(12)18)14-4-10(11(5-19)15(20)24-14)9-6-22-16(21)23-7-9/h1-4,6-7H,(H2,20,24)(H2,21,22,23). The maximum absolute atomic E-state index is 13.5. The Kier molecular flexibility index (Phi) is 3.75. The van der Waals surface area contributed by atoms with Crippen molar-refractivity contribution in [3.63, 3.8) is 0 Å². The van der Waals surface area contributed by atoms with Gasteiger partial charge in [0.05, 0.1) is 5.69 Å². The lowest BCUT2D eigenvalue weighted by Crippen LogP contribution is -2.01. The number of nitrogen functional groups attached to an aromatic ring is 2. The number of halogens is 2. The smallest absolute Gasteiger partial charge is 0.219 e. The quantitative estimate of drug-likeness (QED) is 0.748. The van der Waals surface area contributed by atoms with E-state index in [4.69, 9.17) is 11.5 Å². The van der Waals surface area contributed by atoms with Crippen LogP contribution < -0.4 is 11.5 Å². The Hall–Kier alpha value is -3.60. The van der Waals surface area contributed by atoms with Gasteiger partial charge in [0.15, 0.2) is 11.6 Å². The van der Waals surface area contributed by atoms with E-state index in [1.165, 1.54) is 24.5 Å². The molecule has 3 rings (SSSR count). The van der Waals surface area contributed by atoms with Crippen LogP contribution in [0.2, 0.25) is 0 Å². The fourth-order valence-electron chi connectivity index (χ4n) is 2.19. The highest BCUT2D eigenvalue weighted by atomic mass is 19.2. The Morgan fingerprint density at radius 1 is 0.958 bits per heavy atom. The number of hydrogen-bond acceptors (Lipinski definition) is 6. The zero-order valence-electron chi connectivity index (χ0n) is 12.2. The summed E-state index contributed by atoms with van der Waals surface area (Å²) in [5.74, 6) is -1.92. The Labute approximate surface area is 135 Å². The topological polar surface area (TPSA) is 114 Å². The highest BCUT2D eigenvalue weighted by molar-refractivity contribution is 5.79. The molecule has 8 heteroatoms. The van der Waals surface area contributed by atoms with E-state index in [2.05, 4.69) is 15.0 Å². The zero-order chi connectivity index (χ0) is 17.3. The molecule has 0 spiro atoms. The van der Waals surface area contributed by atoms with E-state index in [1.807, 2.05) is 6.07 Å². The molecule has 0 aliphatic rings. The molecule has 0 aliphatic heterocycles. The number of benzene rings is 1. The third kappa shape index (κ3) is 2.70. The van der Waals surface area contributed by atoms with Crippen LogP contribution in [0.1, 0.15) is 5.56 Å². The summed E-state index contributed by atoms with van der Waals surface area (Å²) in [4.78, 5) is 11.8. The highest BCUT2D eigenvalue weighted by Gasteiger charge is 2.15. The van der Waals surface area contributed by atoms with Gasteiger partial charge in [-0.3, -0.25) is 0 Å². The van der Waals surface area contributed by atoms with Crippen molar-refractivity contribution in [2.45, 2.75) is 0 Å². The van der Waals surface area contributed by atoms with E-state index in [0.29, 0.717) is 16.7 Å². The Balaban J connectivity index is 2.21. The SMILES string of the molecule is N#Cc1c(-c2cnc(N)nc2)cc(-c2ccc(F)c(F)c2)nc1N. The molecule has 0 radical (unpaired) electrons. The van der Waals surface area contributed by atoms with E-state index in [9.17, 15) is 14.0 Å². The molecule has 0 saturated carbocycles. The van der Waals surface area contributed by atoms with Gasteiger partial charge < -0.3 is 11.5 Å². The molecule has 0 aliphatic carbocycles. The lowest BCUT2D eigenvalue weighted by molar-refractivity contribution is 0.509. The predicted molar refractivity (Wildman–Crippen MR) is 84.2 cm³/mol. The predicted octanol–water partition coefficient (Wildman–Crippen LogP) is 2.52. The molecular formula is C16H10F2N6. The number of nitriles is 1. The summed E-state index contributed by atoms with van der Waals surface area (Å²) in [7, 11) is 0. The van der Waals surface area contributed by atoms with Gasteiger partial charge in [0.1, 0.15) is 17.5 Å². The second-order valence-corrected chi connectivity index (χ2v) is 4.89. The fraction of sp³-hybridized carbons (Fsp3) is 0. The summed E-state index contributed by atoms with van der Waals surface area (Å²) in [5.41, 5.74) is 13.0. The van der Waals surface area contributed by atoms with Crippen LogP contribution in [-0.2, 0) is 0 Å². The van der Waals surface area contributed by atoms with Crippen molar-refractivity contribution in [3.8, 4) is 28.5 Å². The van der Waals surface area contributed by atoms with E-state index in [-0.39, 0.29) is 23.0 Å². The van der Waals surface area contributed by atoms with Gasteiger partial charge in [-0.15, -0.1) is 0 Å². The molecule has 2 aromatic heterocycles. The van der Waals surface area contributed by atoms with Crippen molar-refractivity contribution >= 4 is 11.8 Å². The zero-order valence-corrected chi connectivity index (χ0v) is 12.2. The second kappa shape index (κ2) is 5.89. The van der Waals surface area contributed by atoms with Crippen molar-refractivity contribution in [1.29, 1.82) is 5.26 Å². The average Bonchev–Trinajstić information content (AvgIpc) is 2.57. The van der Waals surface area contributed by atoms with Crippen LogP contribution in [0.3, 0.4) is 0 Å². The van der Waals surface area contributed by atoms with E-state index < -0.39 is 11.6 Å². The summed E-state index contributed by atoms with van der Waals surface area (Å²) in [5, 5.41) is 9.31. The van der Waals surface area contributed by atoms with E-state index in [0.717, 1.165) is 12.1 Å². The molecule has 2 heterocycles. The van der Waals surface area contributed by atoms with Crippen molar-refractivity contribution in [3.05, 3.63) is 53.9 Å².